The molecule has 0 saturated carbocycles. The van der Waals surface area contributed by atoms with Gasteiger partial charge in [-0.1, -0.05) is 60.7 Å². The Morgan fingerprint density at radius 3 is 2.34 bits per heavy atom. The third-order valence-electron chi connectivity index (χ3n) is 4.92. The first-order valence-corrected chi connectivity index (χ1v) is 9.92. The number of rotatable bonds is 7. The molecule has 1 amide bonds. The third kappa shape index (κ3) is 4.41. The molecule has 6 nitrogen and oxygen atoms in total. The summed E-state index contributed by atoms with van der Waals surface area (Å²) >= 11 is 0. The van der Waals surface area contributed by atoms with Crippen LogP contribution in [0.25, 0.3) is 22.2 Å². The summed E-state index contributed by atoms with van der Waals surface area (Å²) in [6.45, 7) is -0.976. The predicted molar refractivity (Wildman–Crippen MR) is 118 cm³/mol. The van der Waals surface area contributed by atoms with Crippen molar-refractivity contribution in [1.29, 1.82) is 0 Å². The molecule has 3 aromatic carbocycles. The monoisotopic (exact) mass is 430 g/mol. The standard InChI is InChI=1S/C25H19FN2O4/c26-19-12-6-4-10-17(19)25(31)27-14-22(30)32-15-21(29)23-18-11-5-7-13-20(18)28-24(23)16-8-2-1-3-9-16/h1-13,28H,14-15H2,(H,27,31). The number of Topliss-reactive ketones (excluding diaryl/α,β-unsaturated/α-hetero) is 1. The smallest absolute Gasteiger partial charge is 0.325 e. The Kier molecular flexibility index (Phi) is 6.07. The van der Waals surface area contributed by atoms with Crippen LogP contribution in [0, 0.1) is 5.82 Å². The van der Waals surface area contributed by atoms with Crippen molar-refractivity contribution in [3.8, 4) is 11.3 Å². The first-order valence-electron chi connectivity index (χ1n) is 9.92. The van der Waals surface area contributed by atoms with Crippen LogP contribution in [0.4, 0.5) is 4.39 Å². The number of aromatic amines is 1. The average Bonchev–Trinajstić information content (AvgIpc) is 3.21. The van der Waals surface area contributed by atoms with Crippen molar-refractivity contribution in [3.05, 3.63) is 95.8 Å². The van der Waals surface area contributed by atoms with Crippen molar-refractivity contribution < 1.29 is 23.5 Å². The van der Waals surface area contributed by atoms with Crippen molar-refractivity contribution >= 4 is 28.6 Å². The second-order valence-corrected chi connectivity index (χ2v) is 7.03. The summed E-state index contributed by atoms with van der Waals surface area (Å²) in [7, 11) is 0. The molecule has 0 atom stereocenters. The largest absolute Gasteiger partial charge is 0.456 e. The van der Waals surface area contributed by atoms with E-state index in [0.29, 0.717) is 11.3 Å². The summed E-state index contributed by atoms with van der Waals surface area (Å²) < 4.78 is 18.7. The zero-order valence-electron chi connectivity index (χ0n) is 16.9. The summed E-state index contributed by atoms with van der Waals surface area (Å²) in [6.07, 6.45) is 0. The molecule has 1 aromatic heterocycles. The number of hydrogen-bond donors (Lipinski definition) is 2. The zero-order valence-corrected chi connectivity index (χ0v) is 16.9. The van der Waals surface area contributed by atoms with Gasteiger partial charge < -0.3 is 15.0 Å². The van der Waals surface area contributed by atoms with E-state index in [2.05, 4.69) is 10.3 Å². The van der Waals surface area contributed by atoms with Gasteiger partial charge in [0.05, 0.1) is 16.8 Å². The number of benzene rings is 3. The number of ketones is 1. The topological polar surface area (TPSA) is 88.3 Å². The third-order valence-corrected chi connectivity index (χ3v) is 4.92. The normalized spacial score (nSPS) is 10.7. The molecule has 0 radical (unpaired) electrons. The second-order valence-electron chi connectivity index (χ2n) is 7.03. The van der Waals surface area contributed by atoms with E-state index in [1.54, 1.807) is 0 Å². The van der Waals surface area contributed by atoms with E-state index in [4.69, 9.17) is 4.74 Å². The van der Waals surface area contributed by atoms with Crippen molar-refractivity contribution in [2.75, 3.05) is 13.2 Å². The van der Waals surface area contributed by atoms with E-state index in [1.807, 2.05) is 54.6 Å². The first-order chi connectivity index (χ1) is 15.5. The van der Waals surface area contributed by atoms with Crippen LogP contribution in [0.3, 0.4) is 0 Å². The molecule has 0 bridgehead atoms. The molecule has 0 unspecified atom stereocenters. The highest BCUT2D eigenvalue weighted by Crippen LogP contribution is 2.30. The number of carbonyl (C=O) groups excluding carboxylic acids is 3. The molecule has 2 N–H and O–H groups in total. The van der Waals surface area contributed by atoms with Gasteiger partial charge in [-0.05, 0) is 23.8 Å². The Morgan fingerprint density at radius 1 is 0.875 bits per heavy atom. The number of ether oxygens (including phenoxy) is 1. The molecule has 32 heavy (non-hydrogen) atoms. The molecule has 0 aliphatic carbocycles. The Hall–Kier alpha value is -4.26. The maximum absolute atomic E-state index is 13.7. The van der Waals surface area contributed by atoms with Crippen molar-refractivity contribution in [2.24, 2.45) is 0 Å². The minimum atomic E-state index is -0.802. The maximum atomic E-state index is 13.7. The Bertz CT molecular complexity index is 1300. The molecular weight excluding hydrogens is 411 g/mol. The highest BCUT2D eigenvalue weighted by atomic mass is 19.1. The average molecular weight is 430 g/mol. The lowest BCUT2D eigenvalue weighted by Crippen LogP contribution is -2.32. The van der Waals surface area contributed by atoms with Crippen LogP contribution in [-0.2, 0) is 9.53 Å². The predicted octanol–water partition coefficient (Wildman–Crippen LogP) is 4.13. The molecule has 0 spiro atoms. The van der Waals surface area contributed by atoms with E-state index in [9.17, 15) is 18.8 Å². The van der Waals surface area contributed by atoms with Gasteiger partial charge in [0.1, 0.15) is 12.4 Å². The molecule has 0 fully saturated rings. The van der Waals surface area contributed by atoms with Gasteiger partial charge in [-0.3, -0.25) is 14.4 Å². The number of carbonyl (C=O) groups is 3. The quantitative estimate of drug-likeness (QED) is 0.341. The van der Waals surface area contributed by atoms with Crippen molar-refractivity contribution in [3.63, 3.8) is 0 Å². The maximum Gasteiger partial charge on any atom is 0.325 e. The van der Waals surface area contributed by atoms with Gasteiger partial charge in [0, 0.05) is 10.9 Å². The SMILES string of the molecule is O=C(CNC(=O)c1ccccc1F)OCC(=O)c1c(-c2ccccc2)[nH]c2ccccc12. The summed E-state index contributed by atoms with van der Waals surface area (Å²) in [5.74, 6) is -2.62. The van der Waals surface area contributed by atoms with Crippen LogP contribution in [0.1, 0.15) is 20.7 Å². The van der Waals surface area contributed by atoms with Gasteiger partial charge in [-0.25, -0.2) is 4.39 Å². The van der Waals surface area contributed by atoms with Gasteiger partial charge in [0.25, 0.3) is 5.91 Å². The van der Waals surface area contributed by atoms with E-state index in [1.165, 1.54) is 18.2 Å². The van der Waals surface area contributed by atoms with Crippen LogP contribution < -0.4 is 5.32 Å². The number of esters is 1. The fraction of sp³-hybridized carbons (Fsp3) is 0.0800. The minimum absolute atomic E-state index is 0.178. The van der Waals surface area contributed by atoms with Crippen LogP contribution in [0.5, 0.6) is 0 Å². The molecule has 0 aliphatic heterocycles. The molecule has 4 rings (SSSR count). The number of halogens is 1. The lowest BCUT2D eigenvalue weighted by Gasteiger charge is -2.08. The Morgan fingerprint density at radius 2 is 1.56 bits per heavy atom. The highest BCUT2D eigenvalue weighted by Gasteiger charge is 2.21. The number of nitrogens with one attached hydrogen (secondary N) is 2. The lowest BCUT2D eigenvalue weighted by molar-refractivity contribution is -0.141. The Labute approximate surface area is 183 Å². The van der Waals surface area contributed by atoms with Gasteiger partial charge >= 0.3 is 5.97 Å². The fourth-order valence-corrected chi connectivity index (χ4v) is 3.42. The molecule has 4 aromatic rings. The van der Waals surface area contributed by atoms with Gasteiger partial charge in [0.2, 0.25) is 5.78 Å². The van der Waals surface area contributed by atoms with Gasteiger partial charge in [-0.15, -0.1) is 0 Å². The van der Waals surface area contributed by atoms with Gasteiger partial charge in [-0.2, -0.15) is 0 Å². The van der Waals surface area contributed by atoms with Crippen molar-refractivity contribution in [2.45, 2.75) is 0 Å². The fourth-order valence-electron chi connectivity index (χ4n) is 3.42. The van der Waals surface area contributed by atoms with Crippen LogP contribution >= 0.6 is 0 Å². The Balaban J connectivity index is 1.45. The van der Waals surface area contributed by atoms with Crippen LogP contribution in [0.15, 0.2) is 78.9 Å². The first kappa shape index (κ1) is 21.0. The number of aromatic nitrogens is 1. The zero-order chi connectivity index (χ0) is 22.5. The molecule has 1 heterocycles. The molecule has 0 aliphatic rings. The summed E-state index contributed by atoms with van der Waals surface area (Å²) in [4.78, 5) is 40.3. The highest BCUT2D eigenvalue weighted by molar-refractivity contribution is 6.14. The number of para-hydroxylation sites is 1. The van der Waals surface area contributed by atoms with E-state index < -0.39 is 30.8 Å². The van der Waals surface area contributed by atoms with E-state index in [-0.39, 0.29) is 11.3 Å². The summed E-state index contributed by atoms with van der Waals surface area (Å²) in [5, 5.41) is 3.02. The number of fused-ring (bicyclic) bond motifs is 1. The minimum Gasteiger partial charge on any atom is -0.456 e. The summed E-state index contributed by atoms with van der Waals surface area (Å²) in [6, 6.07) is 22.2. The van der Waals surface area contributed by atoms with Crippen molar-refractivity contribution in [1.82, 2.24) is 10.3 Å². The lowest BCUT2D eigenvalue weighted by atomic mass is 10.0. The molecule has 7 heteroatoms. The number of hydrogen-bond acceptors (Lipinski definition) is 4. The van der Waals surface area contributed by atoms with Gasteiger partial charge in [0.15, 0.2) is 6.61 Å². The number of amides is 1. The van der Waals surface area contributed by atoms with Crippen LogP contribution in [-0.4, -0.2) is 35.8 Å². The summed E-state index contributed by atoms with van der Waals surface area (Å²) in [5.41, 5.74) is 2.51. The van der Waals surface area contributed by atoms with E-state index >= 15 is 0 Å². The second kappa shape index (κ2) is 9.26. The number of H-pyrrole nitrogens is 1. The van der Waals surface area contributed by atoms with Crippen LogP contribution in [0.2, 0.25) is 0 Å². The molecular formula is C25H19FN2O4. The molecule has 160 valence electrons. The molecule has 0 saturated heterocycles. The van der Waals surface area contributed by atoms with E-state index in [0.717, 1.165) is 22.5 Å².